The molecule has 0 saturated heterocycles. The third kappa shape index (κ3) is 3.23. The number of benzene rings is 1. The van der Waals surface area contributed by atoms with E-state index >= 15 is 0 Å². The molecule has 3 rings (SSSR count). The summed E-state index contributed by atoms with van der Waals surface area (Å²) in [5.41, 5.74) is 3.77. The highest BCUT2D eigenvalue weighted by Crippen LogP contribution is 2.31. The Morgan fingerprint density at radius 1 is 1.09 bits per heavy atom. The fraction of sp³-hybridized carbons (Fsp3) is 0.444. The number of rotatable bonds is 4. The first-order valence-corrected chi connectivity index (χ1v) is 8.26. The van der Waals surface area contributed by atoms with Crippen LogP contribution in [0.25, 0.3) is 5.69 Å². The van der Waals surface area contributed by atoms with E-state index in [9.17, 15) is 10.1 Å². The summed E-state index contributed by atoms with van der Waals surface area (Å²) in [6, 6.07) is 9.87. The molecule has 0 atom stereocenters. The molecule has 1 saturated carbocycles. The number of anilines is 1. The minimum Gasteiger partial charge on any atom is -0.377 e. The van der Waals surface area contributed by atoms with E-state index in [2.05, 4.69) is 5.32 Å². The third-order valence-electron chi connectivity index (χ3n) is 4.67. The quantitative estimate of drug-likeness (QED) is 0.654. The Labute approximate surface area is 136 Å². The lowest BCUT2D eigenvalue weighted by Gasteiger charge is -2.24. The van der Waals surface area contributed by atoms with Crippen molar-refractivity contribution in [2.75, 3.05) is 5.32 Å². The Bertz CT molecular complexity index is 696. The molecule has 122 valence electrons. The SMILES string of the molecule is Cc1ccc(C)n1-c1ccc(NC2CCCCC2)c([N+](=O)[O-])c1. The van der Waals surface area contributed by atoms with E-state index in [1.807, 2.05) is 42.7 Å². The third-order valence-corrected chi connectivity index (χ3v) is 4.67. The van der Waals surface area contributed by atoms with Crippen LogP contribution in [0, 0.1) is 24.0 Å². The average molecular weight is 313 g/mol. The molecule has 0 aliphatic heterocycles. The van der Waals surface area contributed by atoms with Crippen LogP contribution in [0.5, 0.6) is 0 Å². The highest BCUT2D eigenvalue weighted by Gasteiger charge is 2.20. The van der Waals surface area contributed by atoms with Gasteiger partial charge in [0.25, 0.3) is 5.69 Å². The monoisotopic (exact) mass is 313 g/mol. The van der Waals surface area contributed by atoms with Crippen LogP contribution in [0.2, 0.25) is 0 Å². The second kappa shape index (κ2) is 6.44. The number of nitro groups is 1. The van der Waals surface area contributed by atoms with E-state index in [0.717, 1.165) is 29.9 Å². The lowest BCUT2D eigenvalue weighted by Crippen LogP contribution is -2.22. The maximum Gasteiger partial charge on any atom is 0.294 e. The second-order valence-corrected chi connectivity index (χ2v) is 6.39. The van der Waals surface area contributed by atoms with Crippen molar-refractivity contribution in [1.82, 2.24) is 4.57 Å². The molecule has 0 spiro atoms. The maximum absolute atomic E-state index is 11.5. The normalized spacial score (nSPS) is 15.6. The van der Waals surface area contributed by atoms with Crippen LogP contribution in [-0.4, -0.2) is 15.5 Å². The summed E-state index contributed by atoms with van der Waals surface area (Å²) >= 11 is 0. The van der Waals surface area contributed by atoms with Crippen LogP contribution in [0.15, 0.2) is 30.3 Å². The largest absolute Gasteiger partial charge is 0.377 e. The summed E-state index contributed by atoms with van der Waals surface area (Å²) in [4.78, 5) is 11.2. The number of nitrogens with one attached hydrogen (secondary N) is 1. The number of hydrogen-bond acceptors (Lipinski definition) is 3. The van der Waals surface area contributed by atoms with E-state index in [1.165, 1.54) is 19.3 Å². The molecular weight excluding hydrogens is 290 g/mol. The van der Waals surface area contributed by atoms with Gasteiger partial charge in [0.05, 0.1) is 10.6 Å². The lowest BCUT2D eigenvalue weighted by atomic mass is 9.95. The first kappa shape index (κ1) is 15.6. The fourth-order valence-electron chi connectivity index (χ4n) is 3.47. The van der Waals surface area contributed by atoms with Gasteiger partial charge in [-0.15, -0.1) is 0 Å². The molecule has 5 nitrogen and oxygen atoms in total. The first-order valence-electron chi connectivity index (χ1n) is 8.26. The molecule has 5 heteroatoms. The van der Waals surface area contributed by atoms with Gasteiger partial charge in [-0.2, -0.15) is 0 Å². The Morgan fingerprint density at radius 2 is 1.74 bits per heavy atom. The van der Waals surface area contributed by atoms with Crippen LogP contribution in [0.3, 0.4) is 0 Å². The molecule has 2 aromatic rings. The van der Waals surface area contributed by atoms with Crippen molar-refractivity contribution in [2.24, 2.45) is 0 Å². The fourth-order valence-corrected chi connectivity index (χ4v) is 3.47. The topological polar surface area (TPSA) is 60.1 Å². The molecule has 0 amide bonds. The lowest BCUT2D eigenvalue weighted by molar-refractivity contribution is -0.384. The molecule has 1 aromatic heterocycles. The molecule has 1 heterocycles. The predicted molar refractivity (Wildman–Crippen MR) is 92.4 cm³/mol. The van der Waals surface area contributed by atoms with Gasteiger partial charge < -0.3 is 9.88 Å². The van der Waals surface area contributed by atoms with Gasteiger partial charge in [-0.1, -0.05) is 19.3 Å². The standard InChI is InChI=1S/C18H23N3O2/c1-13-8-9-14(2)20(13)16-10-11-17(18(12-16)21(22)23)19-15-6-4-3-5-7-15/h8-12,15,19H,3-7H2,1-2H3. The van der Waals surface area contributed by atoms with E-state index in [1.54, 1.807) is 6.07 Å². The summed E-state index contributed by atoms with van der Waals surface area (Å²) in [6.07, 6.45) is 5.85. The van der Waals surface area contributed by atoms with E-state index in [0.29, 0.717) is 11.7 Å². The van der Waals surface area contributed by atoms with Gasteiger partial charge in [0, 0.05) is 23.5 Å². The molecule has 1 fully saturated rings. The van der Waals surface area contributed by atoms with Gasteiger partial charge in [-0.25, -0.2) is 0 Å². The Morgan fingerprint density at radius 3 is 2.35 bits per heavy atom. The minimum atomic E-state index is -0.289. The van der Waals surface area contributed by atoms with Gasteiger partial charge in [-0.05, 0) is 51.0 Å². The first-order chi connectivity index (χ1) is 11.1. The van der Waals surface area contributed by atoms with E-state index < -0.39 is 0 Å². The second-order valence-electron chi connectivity index (χ2n) is 6.39. The zero-order chi connectivity index (χ0) is 16.4. The number of nitro benzene ring substituents is 1. The van der Waals surface area contributed by atoms with Crippen molar-refractivity contribution in [3.05, 3.63) is 51.8 Å². The summed E-state index contributed by atoms with van der Waals surface area (Å²) < 4.78 is 2.04. The van der Waals surface area contributed by atoms with Crippen molar-refractivity contribution in [1.29, 1.82) is 0 Å². The van der Waals surface area contributed by atoms with Gasteiger partial charge in [0.1, 0.15) is 5.69 Å². The number of aryl methyl sites for hydroxylation is 2. The molecule has 1 aromatic carbocycles. The van der Waals surface area contributed by atoms with Crippen LogP contribution >= 0.6 is 0 Å². The van der Waals surface area contributed by atoms with Crippen molar-refractivity contribution in [3.8, 4) is 5.69 Å². The minimum absolute atomic E-state index is 0.153. The Hall–Kier alpha value is -2.30. The van der Waals surface area contributed by atoms with Crippen LogP contribution < -0.4 is 5.32 Å². The van der Waals surface area contributed by atoms with Gasteiger partial charge >= 0.3 is 0 Å². The summed E-state index contributed by atoms with van der Waals surface area (Å²) in [5, 5.41) is 14.9. The number of nitrogens with zero attached hydrogens (tertiary/aromatic N) is 2. The molecule has 1 aliphatic carbocycles. The Kier molecular flexibility index (Phi) is 4.37. The van der Waals surface area contributed by atoms with Gasteiger partial charge in [0.15, 0.2) is 0 Å². The molecular formula is C18H23N3O2. The molecule has 0 unspecified atom stereocenters. The summed E-state index contributed by atoms with van der Waals surface area (Å²) in [7, 11) is 0. The molecule has 1 N–H and O–H groups in total. The van der Waals surface area contributed by atoms with Gasteiger partial charge in [-0.3, -0.25) is 10.1 Å². The molecule has 1 aliphatic rings. The highest BCUT2D eigenvalue weighted by atomic mass is 16.6. The van der Waals surface area contributed by atoms with Crippen LogP contribution in [0.1, 0.15) is 43.5 Å². The molecule has 0 bridgehead atoms. The predicted octanol–water partition coefficient (Wildman–Crippen LogP) is 4.75. The van der Waals surface area contributed by atoms with Gasteiger partial charge in [0.2, 0.25) is 0 Å². The van der Waals surface area contributed by atoms with Crippen LogP contribution in [-0.2, 0) is 0 Å². The van der Waals surface area contributed by atoms with E-state index in [-0.39, 0.29) is 10.6 Å². The summed E-state index contributed by atoms with van der Waals surface area (Å²) in [6.45, 7) is 4.01. The summed E-state index contributed by atoms with van der Waals surface area (Å²) in [5.74, 6) is 0. The van der Waals surface area contributed by atoms with Crippen molar-refractivity contribution >= 4 is 11.4 Å². The van der Waals surface area contributed by atoms with Crippen LogP contribution in [0.4, 0.5) is 11.4 Å². The zero-order valence-corrected chi connectivity index (χ0v) is 13.7. The highest BCUT2D eigenvalue weighted by molar-refractivity contribution is 5.66. The van der Waals surface area contributed by atoms with Crippen molar-refractivity contribution in [3.63, 3.8) is 0 Å². The zero-order valence-electron chi connectivity index (χ0n) is 13.7. The average Bonchev–Trinajstić information content (AvgIpc) is 2.88. The van der Waals surface area contributed by atoms with Crippen molar-refractivity contribution in [2.45, 2.75) is 52.0 Å². The maximum atomic E-state index is 11.5. The Balaban J connectivity index is 1.94. The molecule has 23 heavy (non-hydrogen) atoms. The number of hydrogen-bond donors (Lipinski definition) is 1. The smallest absolute Gasteiger partial charge is 0.294 e. The number of aromatic nitrogens is 1. The molecule has 0 radical (unpaired) electrons. The van der Waals surface area contributed by atoms with E-state index in [4.69, 9.17) is 0 Å². The van der Waals surface area contributed by atoms with Crippen molar-refractivity contribution < 1.29 is 4.92 Å².